The van der Waals surface area contributed by atoms with Gasteiger partial charge in [-0.1, -0.05) is 6.92 Å². The van der Waals surface area contributed by atoms with E-state index < -0.39 is 0 Å². The van der Waals surface area contributed by atoms with Crippen LogP contribution in [0.15, 0.2) is 18.3 Å². The van der Waals surface area contributed by atoms with E-state index in [4.69, 9.17) is 10.2 Å². The molecule has 1 aromatic rings. The van der Waals surface area contributed by atoms with Crippen LogP contribution in [0, 0.1) is 0 Å². The monoisotopic (exact) mass is 267 g/mol. The molecule has 3 N–H and O–H groups in total. The number of nitrogens with one attached hydrogen (secondary N) is 1. The third-order valence-corrected chi connectivity index (χ3v) is 2.59. The fourth-order valence-corrected chi connectivity index (χ4v) is 1.65. The fraction of sp³-hybridized carbons (Fsp3) is 0.538. The maximum Gasteiger partial charge on any atom is 0.272 e. The Kier molecular flexibility index (Phi) is 6.84. The van der Waals surface area contributed by atoms with Crippen LogP contribution in [0.3, 0.4) is 0 Å². The Morgan fingerprint density at radius 1 is 1.37 bits per heavy atom. The highest BCUT2D eigenvalue weighted by molar-refractivity contribution is 5.93. The third-order valence-electron chi connectivity index (χ3n) is 2.59. The Balaban J connectivity index is 2.78. The van der Waals surface area contributed by atoms with Crippen LogP contribution >= 0.6 is 0 Å². The summed E-state index contributed by atoms with van der Waals surface area (Å²) in [5.41, 5.74) is 1.15. The third kappa shape index (κ3) is 4.84. The second kappa shape index (κ2) is 8.44. The largest absolute Gasteiger partial charge is 0.395 e. The number of carbonyl (C=O) groups excluding carboxylic acids is 1. The molecule has 0 saturated carbocycles. The molecule has 6 nitrogen and oxygen atoms in total. The number of aliphatic hydroxyl groups is 2. The topological polar surface area (TPSA) is 85.7 Å². The summed E-state index contributed by atoms with van der Waals surface area (Å²) in [4.78, 5) is 17.6. The molecular formula is C13H21N3O3. The molecule has 1 amide bonds. The number of amides is 1. The zero-order valence-electron chi connectivity index (χ0n) is 11.2. The Labute approximate surface area is 113 Å². The molecule has 0 aliphatic heterocycles. The van der Waals surface area contributed by atoms with Gasteiger partial charge in [-0.3, -0.25) is 9.78 Å². The Morgan fingerprint density at radius 3 is 2.63 bits per heavy atom. The van der Waals surface area contributed by atoms with Crippen molar-refractivity contribution >= 4 is 11.6 Å². The number of aromatic nitrogens is 1. The molecule has 0 aromatic carbocycles. The summed E-state index contributed by atoms with van der Waals surface area (Å²) >= 11 is 0. The van der Waals surface area contributed by atoms with Gasteiger partial charge in [-0.05, 0) is 18.6 Å². The highest BCUT2D eigenvalue weighted by atomic mass is 16.3. The lowest BCUT2D eigenvalue weighted by molar-refractivity contribution is 0.0679. The molecule has 0 unspecified atom stereocenters. The molecule has 0 aliphatic rings. The van der Waals surface area contributed by atoms with Crippen molar-refractivity contribution in [2.75, 3.05) is 38.2 Å². The van der Waals surface area contributed by atoms with Crippen molar-refractivity contribution in [2.24, 2.45) is 0 Å². The summed E-state index contributed by atoms with van der Waals surface area (Å²) in [5.74, 6) is -0.289. The number of hydrogen-bond acceptors (Lipinski definition) is 5. The number of anilines is 1. The van der Waals surface area contributed by atoms with Crippen molar-refractivity contribution in [1.82, 2.24) is 9.88 Å². The van der Waals surface area contributed by atoms with Gasteiger partial charge in [0.15, 0.2) is 0 Å². The van der Waals surface area contributed by atoms with Gasteiger partial charge in [0.25, 0.3) is 5.91 Å². The first-order valence-corrected chi connectivity index (χ1v) is 6.43. The molecular weight excluding hydrogens is 246 g/mol. The molecule has 6 heteroatoms. The number of nitrogens with zero attached hydrogens (tertiary/aromatic N) is 2. The van der Waals surface area contributed by atoms with E-state index in [0.717, 1.165) is 18.7 Å². The average Bonchev–Trinajstić information content (AvgIpc) is 2.44. The first-order chi connectivity index (χ1) is 9.22. The van der Waals surface area contributed by atoms with E-state index in [-0.39, 0.29) is 32.2 Å². The predicted molar refractivity (Wildman–Crippen MR) is 73.1 cm³/mol. The Morgan fingerprint density at radius 2 is 2.05 bits per heavy atom. The summed E-state index contributed by atoms with van der Waals surface area (Å²) in [6.07, 6.45) is 2.56. The highest BCUT2D eigenvalue weighted by Crippen LogP contribution is 2.10. The average molecular weight is 267 g/mol. The fourth-order valence-electron chi connectivity index (χ4n) is 1.65. The molecule has 1 aromatic heterocycles. The van der Waals surface area contributed by atoms with E-state index in [0.29, 0.717) is 5.69 Å². The highest BCUT2D eigenvalue weighted by Gasteiger charge is 2.16. The van der Waals surface area contributed by atoms with Crippen molar-refractivity contribution in [3.63, 3.8) is 0 Å². The molecule has 0 radical (unpaired) electrons. The van der Waals surface area contributed by atoms with Crippen LogP contribution in [0.25, 0.3) is 0 Å². The summed E-state index contributed by atoms with van der Waals surface area (Å²) in [6.45, 7) is 2.99. The zero-order valence-corrected chi connectivity index (χ0v) is 11.2. The van der Waals surface area contributed by atoms with Crippen molar-refractivity contribution in [3.8, 4) is 0 Å². The van der Waals surface area contributed by atoms with Gasteiger partial charge in [0, 0.05) is 31.5 Å². The zero-order chi connectivity index (χ0) is 14.1. The molecule has 0 spiro atoms. The van der Waals surface area contributed by atoms with Gasteiger partial charge in [0.1, 0.15) is 5.69 Å². The lowest BCUT2D eigenvalue weighted by Crippen LogP contribution is -2.36. The van der Waals surface area contributed by atoms with Crippen molar-refractivity contribution in [1.29, 1.82) is 0 Å². The van der Waals surface area contributed by atoms with Gasteiger partial charge in [-0.25, -0.2) is 0 Å². The quantitative estimate of drug-likeness (QED) is 0.632. The summed E-state index contributed by atoms with van der Waals surface area (Å²) in [5, 5.41) is 21.0. The van der Waals surface area contributed by atoms with Crippen molar-refractivity contribution in [2.45, 2.75) is 13.3 Å². The number of rotatable bonds is 8. The lowest BCUT2D eigenvalue weighted by Gasteiger charge is -2.20. The van der Waals surface area contributed by atoms with E-state index in [1.165, 1.54) is 4.90 Å². The van der Waals surface area contributed by atoms with E-state index in [9.17, 15) is 4.79 Å². The van der Waals surface area contributed by atoms with Gasteiger partial charge in [0.05, 0.1) is 13.2 Å². The maximum absolute atomic E-state index is 12.2. The van der Waals surface area contributed by atoms with Crippen LogP contribution in [0.4, 0.5) is 5.69 Å². The maximum atomic E-state index is 12.2. The van der Waals surface area contributed by atoms with Crippen LogP contribution < -0.4 is 5.32 Å². The van der Waals surface area contributed by atoms with E-state index in [1.807, 2.05) is 0 Å². The van der Waals surface area contributed by atoms with Gasteiger partial charge >= 0.3 is 0 Å². The van der Waals surface area contributed by atoms with E-state index >= 15 is 0 Å². The second-order valence-corrected chi connectivity index (χ2v) is 4.10. The SMILES string of the molecule is CCCNc1ccnc(C(=O)N(CCO)CCO)c1. The minimum absolute atomic E-state index is 0.139. The molecule has 1 rings (SSSR count). The summed E-state index contributed by atoms with van der Waals surface area (Å²) in [7, 11) is 0. The van der Waals surface area contributed by atoms with Gasteiger partial charge < -0.3 is 20.4 Å². The Bertz CT molecular complexity index is 392. The molecule has 0 atom stereocenters. The first-order valence-electron chi connectivity index (χ1n) is 6.43. The molecule has 106 valence electrons. The van der Waals surface area contributed by atoms with Crippen LogP contribution in [0.1, 0.15) is 23.8 Å². The smallest absolute Gasteiger partial charge is 0.272 e. The van der Waals surface area contributed by atoms with Crippen LogP contribution in [0.5, 0.6) is 0 Å². The second-order valence-electron chi connectivity index (χ2n) is 4.10. The molecule has 0 fully saturated rings. The van der Waals surface area contributed by atoms with Crippen molar-refractivity contribution in [3.05, 3.63) is 24.0 Å². The van der Waals surface area contributed by atoms with E-state index in [1.54, 1.807) is 18.3 Å². The van der Waals surface area contributed by atoms with E-state index in [2.05, 4.69) is 17.2 Å². The molecule has 0 aliphatic carbocycles. The summed E-state index contributed by atoms with van der Waals surface area (Å²) < 4.78 is 0. The minimum atomic E-state index is -0.289. The number of aliphatic hydroxyl groups excluding tert-OH is 2. The lowest BCUT2D eigenvalue weighted by atomic mass is 10.2. The first kappa shape index (κ1) is 15.4. The van der Waals surface area contributed by atoms with Gasteiger partial charge in [0.2, 0.25) is 0 Å². The Hall–Kier alpha value is -1.66. The van der Waals surface area contributed by atoms with Crippen LogP contribution in [0.2, 0.25) is 0 Å². The minimum Gasteiger partial charge on any atom is -0.395 e. The standard InChI is InChI=1S/C13H21N3O3/c1-2-4-14-11-3-5-15-12(10-11)13(19)16(6-8-17)7-9-18/h3,5,10,17-18H,2,4,6-9H2,1H3,(H,14,15). The van der Waals surface area contributed by atoms with Gasteiger partial charge in [-0.15, -0.1) is 0 Å². The normalized spacial score (nSPS) is 10.3. The van der Waals surface area contributed by atoms with Crippen LogP contribution in [-0.4, -0.2) is 58.9 Å². The predicted octanol–water partition coefficient (Wildman–Crippen LogP) is 0.330. The van der Waals surface area contributed by atoms with Crippen LogP contribution in [-0.2, 0) is 0 Å². The number of carbonyl (C=O) groups is 1. The molecule has 0 bridgehead atoms. The molecule has 19 heavy (non-hydrogen) atoms. The van der Waals surface area contributed by atoms with Gasteiger partial charge in [-0.2, -0.15) is 0 Å². The molecule has 1 heterocycles. The van der Waals surface area contributed by atoms with Crippen molar-refractivity contribution < 1.29 is 15.0 Å². The summed E-state index contributed by atoms with van der Waals surface area (Å²) in [6, 6.07) is 3.48. The number of hydrogen-bond donors (Lipinski definition) is 3. The molecule has 0 saturated heterocycles. The number of pyridine rings is 1.